The number of ether oxygens (including phenoxy) is 1. The summed E-state index contributed by atoms with van der Waals surface area (Å²) in [5, 5.41) is 31.3. The van der Waals surface area contributed by atoms with E-state index in [0.717, 1.165) is 4.47 Å². The number of nitrogens with one attached hydrogen (secondary N) is 1. The van der Waals surface area contributed by atoms with Crippen molar-refractivity contribution < 1.29 is 20.1 Å². The number of rotatable bonds is 2. The molecule has 0 aromatic carbocycles. The third-order valence-electron chi connectivity index (χ3n) is 2.52. The summed E-state index contributed by atoms with van der Waals surface area (Å²) in [6.07, 6.45) is -2.69. The molecule has 1 saturated heterocycles. The minimum absolute atomic E-state index is 0.0353. The first kappa shape index (κ1) is 12.7. The van der Waals surface area contributed by atoms with Crippen LogP contribution in [-0.4, -0.2) is 51.5 Å². The third kappa shape index (κ3) is 2.93. The normalized spacial score (nSPS) is 33.4. The fourth-order valence-corrected chi connectivity index (χ4v) is 1.77. The van der Waals surface area contributed by atoms with Gasteiger partial charge in [-0.05, 0) is 28.1 Å². The summed E-state index contributed by atoms with van der Waals surface area (Å²) in [5.74, 6) is 0.515. The molecule has 2 heterocycles. The first-order valence-corrected chi connectivity index (χ1v) is 5.91. The van der Waals surface area contributed by atoms with E-state index in [1.54, 1.807) is 18.3 Å². The number of hydrogen-bond donors (Lipinski definition) is 4. The van der Waals surface area contributed by atoms with Crippen molar-refractivity contribution in [1.29, 1.82) is 0 Å². The number of aromatic nitrogens is 1. The van der Waals surface area contributed by atoms with Crippen molar-refractivity contribution >= 4 is 21.7 Å². The highest BCUT2D eigenvalue weighted by molar-refractivity contribution is 9.10. The van der Waals surface area contributed by atoms with Crippen LogP contribution in [0.15, 0.2) is 22.8 Å². The van der Waals surface area contributed by atoms with Gasteiger partial charge in [-0.1, -0.05) is 0 Å². The molecule has 1 aromatic heterocycles. The van der Waals surface area contributed by atoms with Gasteiger partial charge in [0.05, 0.1) is 6.61 Å². The number of aliphatic hydroxyl groups is 3. The van der Waals surface area contributed by atoms with Crippen molar-refractivity contribution in [1.82, 2.24) is 4.98 Å². The van der Waals surface area contributed by atoms with Gasteiger partial charge in [0.1, 0.15) is 24.1 Å². The van der Waals surface area contributed by atoms with Crippen LogP contribution >= 0.6 is 15.9 Å². The topological polar surface area (TPSA) is 94.8 Å². The summed E-state index contributed by atoms with van der Waals surface area (Å²) in [4.78, 5) is 4.06. The Hall–Kier alpha value is -0.730. The van der Waals surface area contributed by atoms with Crippen LogP contribution in [0.3, 0.4) is 0 Å². The van der Waals surface area contributed by atoms with Gasteiger partial charge < -0.3 is 25.4 Å². The van der Waals surface area contributed by atoms with E-state index in [9.17, 15) is 15.3 Å². The van der Waals surface area contributed by atoms with Crippen LogP contribution in [0.4, 0.5) is 5.82 Å². The van der Waals surface area contributed by atoms with Crippen LogP contribution in [0.5, 0.6) is 0 Å². The van der Waals surface area contributed by atoms with Gasteiger partial charge in [-0.3, -0.25) is 0 Å². The predicted molar refractivity (Wildman–Crippen MR) is 63.3 cm³/mol. The highest BCUT2D eigenvalue weighted by Gasteiger charge is 2.37. The van der Waals surface area contributed by atoms with Gasteiger partial charge in [-0.2, -0.15) is 0 Å². The van der Waals surface area contributed by atoms with E-state index < -0.39 is 24.5 Å². The summed E-state index contributed by atoms with van der Waals surface area (Å²) in [6.45, 7) is -0.0353. The second kappa shape index (κ2) is 5.28. The van der Waals surface area contributed by atoms with Crippen LogP contribution in [0, 0.1) is 0 Å². The largest absolute Gasteiger partial charge is 0.388 e. The van der Waals surface area contributed by atoms with Gasteiger partial charge in [0.25, 0.3) is 0 Å². The molecule has 1 aliphatic rings. The van der Waals surface area contributed by atoms with E-state index in [4.69, 9.17) is 4.74 Å². The molecular formula is C10H13BrN2O4. The molecule has 0 unspecified atom stereocenters. The Balaban J connectivity index is 2.01. The molecule has 1 aliphatic heterocycles. The molecule has 0 spiro atoms. The Morgan fingerprint density at radius 2 is 2.06 bits per heavy atom. The molecule has 4 N–H and O–H groups in total. The van der Waals surface area contributed by atoms with Crippen LogP contribution in [0.2, 0.25) is 0 Å². The molecule has 4 atom stereocenters. The van der Waals surface area contributed by atoms with Crippen LogP contribution in [-0.2, 0) is 4.74 Å². The van der Waals surface area contributed by atoms with E-state index in [0.29, 0.717) is 5.82 Å². The maximum Gasteiger partial charge on any atom is 0.157 e. The van der Waals surface area contributed by atoms with Crippen LogP contribution in [0.25, 0.3) is 0 Å². The quantitative estimate of drug-likeness (QED) is 0.599. The van der Waals surface area contributed by atoms with Gasteiger partial charge in [0.15, 0.2) is 6.23 Å². The van der Waals surface area contributed by atoms with Gasteiger partial charge in [0.2, 0.25) is 0 Å². The average molecular weight is 305 g/mol. The molecule has 1 fully saturated rings. The molecule has 17 heavy (non-hydrogen) atoms. The van der Waals surface area contributed by atoms with Crippen molar-refractivity contribution in [2.75, 3.05) is 11.9 Å². The summed E-state index contributed by atoms with van der Waals surface area (Å²) in [5.41, 5.74) is 0. The van der Waals surface area contributed by atoms with E-state index >= 15 is 0 Å². The number of hydrogen-bond acceptors (Lipinski definition) is 6. The Labute approximate surface area is 106 Å². The lowest BCUT2D eigenvalue weighted by Crippen LogP contribution is -2.55. The van der Waals surface area contributed by atoms with E-state index in [1.165, 1.54) is 0 Å². The molecule has 0 amide bonds. The van der Waals surface area contributed by atoms with Gasteiger partial charge in [-0.15, -0.1) is 0 Å². The van der Waals surface area contributed by atoms with Crippen LogP contribution < -0.4 is 5.32 Å². The highest BCUT2D eigenvalue weighted by Crippen LogP contribution is 2.18. The molecule has 7 heteroatoms. The molecule has 0 aliphatic carbocycles. The van der Waals surface area contributed by atoms with Crippen molar-refractivity contribution in [2.45, 2.75) is 24.5 Å². The lowest BCUT2D eigenvalue weighted by Gasteiger charge is -2.35. The zero-order valence-electron chi connectivity index (χ0n) is 8.82. The van der Waals surface area contributed by atoms with Gasteiger partial charge in [0, 0.05) is 10.7 Å². The zero-order valence-corrected chi connectivity index (χ0v) is 10.4. The minimum Gasteiger partial charge on any atom is -0.388 e. The molecule has 1 aromatic rings. The second-order valence-electron chi connectivity index (χ2n) is 3.81. The second-order valence-corrected chi connectivity index (χ2v) is 4.72. The first-order chi connectivity index (χ1) is 8.08. The fraction of sp³-hybridized carbons (Fsp3) is 0.500. The number of halogens is 1. The molecule has 2 rings (SSSR count). The molecule has 0 saturated carbocycles. The van der Waals surface area contributed by atoms with Crippen molar-refractivity contribution in [3.8, 4) is 0 Å². The minimum atomic E-state index is -1.23. The lowest BCUT2D eigenvalue weighted by molar-refractivity contribution is -0.178. The SMILES string of the molecule is O[C@H]1[C@H](O)[C@@H](Nc2ccc(Br)cn2)OC[C@H]1O. The predicted octanol–water partition coefficient (Wildman–Crippen LogP) is -0.305. The van der Waals surface area contributed by atoms with Crippen molar-refractivity contribution in [3.63, 3.8) is 0 Å². The molecule has 6 nitrogen and oxygen atoms in total. The number of pyridine rings is 1. The van der Waals surface area contributed by atoms with E-state index in [-0.39, 0.29) is 6.61 Å². The lowest BCUT2D eigenvalue weighted by atomic mass is 10.0. The number of aliphatic hydroxyl groups excluding tert-OH is 3. The van der Waals surface area contributed by atoms with E-state index in [1.807, 2.05) is 0 Å². The molecule has 0 bridgehead atoms. The Bertz CT molecular complexity index is 375. The monoisotopic (exact) mass is 304 g/mol. The smallest absolute Gasteiger partial charge is 0.157 e. The average Bonchev–Trinajstić information content (AvgIpc) is 2.33. The highest BCUT2D eigenvalue weighted by atomic mass is 79.9. The zero-order chi connectivity index (χ0) is 12.4. The third-order valence-corrected chi connectivity index (χ3v) is 2.99. The number of anilines is 1. The standard InChI is InChI=1S/C10H13BrN2O4/c11-5-1-2-7(12-3-5)13-10-9(16)8(15)6(14)4-17-10/h1-3,6,8-10,14-16H,4H2,(H,12,13)/t6-,8-,9+,10+/m1/s1. The fourth-order valence-electron chi connectivity index (χ4n) is 1.54. The van der Waals surface area contributed by atoms with Crippen molar-refractivity contribution in [3.05, 3.63) is 22.8 Å². The Morgan fingerprint density at radius 3 is 2.71 bits per heavy atom. The Kier molecular flexibility index (Phi) is 3.95. The summed E-state index contributed by atoms with van der Waals surface area (Å²) >= 11 is 3.26. The van der Waals surface area contributed by atoms with Crippen LogP contribution in [0.1, 0.15) is 0 Å². The summed E-state index contributed by atoms with van der Waals surface area (Å²) in [6, 6.07) is 3.49. The van der Waals surface area contributed by atoms with Crippen molar-refractivity contribution in [2.24, 2.45) is 0 Å². The van der Waals surface area contributed by atoms with Gasteiger partial charge in [-0.25, -0.2) is 4.98 Å². The van der Waals surface area contributed by atoms with E-state index in [2.05, 4.69) is 26.2 Å². The number of nitrogens with zero attached hydrogens (tertiary/aromatic N) is 1. The summed E-state index contributed by atoms with van der Waals surface area (Å²) in [7, 11) is 0. The molecular weight excluding hydrogens is 292 g/mol. The summed E-state index contributed by atoms with van der Waals surface area (Å²) < 4.78 is 6.02. The maximum atomic E-state index is 9.69. The molecule has 0 radical (unpaired) electrons. The molecule has 94 valence electrons. The Morgan fingerprint density at radius 1 is 1.29 bits per heavy atom. The first-order valence-electron chi connectivity index (χ1n) is 5.12. The maximum absolute atomic E-state index is 9.69. The van der Waals surface area contributed by atoms with Gasteiger partial charge >= 0.3 is 0 Å².